The molecule has 5 nitrogen and oxygen atoms in total. The first-order chi connectivity index (χ1) is 6.65. The van der Waals surface area contributed by atoms with E-state index in [2.05, 4.69) is 4.18 Å². The molecule has 0 aliphatic heterocycles. The number of rotatable bonds is 4. The Hall–Kier alpha value is -1.69. The minimum atomic E-state index is -1.01. The van der Waals surface area contributed by atoms with Crippen LogP contribution in [0.1, 0.15) is 10.4 Å². The van der Waals surface area contributed by atoms with Gasteiger partial charge >= 0.3 is 0 Å². The Bertz CT molecular complexity index is 373. The largest absolute Gasteiger partial charge is 0.403 e. The highest BCUT2D eigenvalue weighted by Gasteiger charge is 2.11. The van der Waals surface area contributed by atoms with Gasteiger partial charge in [0.25, 0.3) is 5.91 Å². The predicted molar refractivity (Wildman–Crippen MR) is 50.1 cm³/mol. The maximum Gasteiger partial charge on any atom is 0.289 e. The average molecular weight is 213 g/mol. The van der Waals surface area contributed by atoms with E-state index in [0.717, 1.165) is 0 Å². The molecule has 74 valence electrons. The van der Waals surface area contributed by atoms with Gasteiger partial charge in [0.2, 0.25) is 5.78 Å². The molecule has 0 atom stereocenters. The van der Waals surface area contributed by atoms with E-state index < -0.39 is 23.6 Å². The molecule has 0 aliphatic carbocycles. The number of hydrogen-bond donors (Lipinski definition) is 2. The molecular formula is C8H7NO4S. The maximum atomic E-state index is 11.0. The molecule has 1 aromatic rings. The lowest BCUT2D eigenvalue weighted by atomic mass is 10.1. The van der Waals surface area contributed by atoms with Gasteiger partial charge < -0.3 is 9.92 Å². The Kier molecular flexibility index (Phi) is 3.35. The van der Waals surface area contributed by atoms with Crippen LogP contribution in [0, 0.1) is 0 Å². The topological polar surface area (TPSA) is 86.5 Å². The van der Waals surface area contributed by atoms with Crippen LogP contribution in [-0.2, 0) is 16.7 Å². The lowest BCUT2D eigenvalue weighted by molar-refractivity contribution is -0.114. The van der Waals surface area contributed by atoms with E-state index >= 15 is 0 Å². The number of carbonyl (C=O) groups is 2. The van der Waals surface area contributed by atoms with Crippen molar-refractivity contribution < 1.29 is 18.0 Å². The van der Waals surface area contributed by atoms with Crippen molar-refractivity contribution in [2.24, 2.45) is 5.73 Å². The van der Waals surface area contributed by atoms with Crippen LogP contribution in [0.5, 0.6) is 5.75 Å². The fourth-order valence-electron chi connectivity index (χ4n) is 0.852. The van der Waals surface area contributed by atoms with Crippen LogP contribution >= 0.6 is 0 Å². The third-order valence-corrected chi connectivity index (χ3v) is 1.77. The van der Waals surface area contributed by atoms with E-state index in [1.165, 1.54) is 24.3 Å². The van der Waals surface area contributed by atoms with E-state index in [4.69, 9.17) is 5.73 Å². The van der Waals surface area contributed by atoms with Gasteiger partial charge in [-0.25, -0.2) is 4.21 Å². The zero-order chi connectivity index (χ0) is 10.6. The van der Waals surface area contributed by atoms with Crippen molar-refractivity contribution in [1.82, 2.24) is 0 Å². The second-order valence-corrected chi connectivity index (χ2v) is 2.72. The first kappa shape index (κ1) is 10.4. The van der Waals surface area contributed by atoms with Gasteiger partial charge in [0.05, 0.1) is 0 Å². The Balaban J connectivity index is 2.88. The number of Topliss-reactive ketones (excluding diaryl/α,β-unsaturated/α-hetero) is 1. The predicted octanol–water partition coefficient (Wildman–Crippen LogP) is -0.406. The summed E-state index contributed by atoms with van der Waals surface area (Å²) in [6, 6.07) is 5.57. The molecule has 1 amide bonds. The summed E-state index contributed by atoms with van der Waals surface area (Å²) in [5, 5.41) is 0. The third kappa shape index (κ3) is 2.40. The van der Waals surface area contributed by atoms with Gasteiger partial charge in [-0.3, -0.25) is 9.59 Å². The van der Waals surface area contributed by atoms with Crippen molar-refractivity contribution >= 4 is 23.6 Å². The van der Waals surface area contributed by atoms with Gasteiger partial charge in [-0.05, 0) is 24.3 Å². The van der Waals surface area contributed by atoms with Crippen molar-refractivity contribution in [1.29, 1.82) is 0 Å². The van der Waals surface area contributed by atoms with Crippen molar-refractivity contribution in [2.45, 2.75) is 0 Å². The molecule has 0 aliphatic rings. The average Bonchev–Trinajstić information content (AvgIpc) is 2.18. The number of ketones is 1. The monoisotopic (exact) mass is 213 g/mol. The molecule has 0 unspecified atom stereocenters. The Morgan fingerprint density at radius 3 is 2.21 bits per heavy atom. The minimum Gasteiger partial charge on any atom is -0.403 e. The molecule has 1 aromatic carbocycles. The lowest BCUT2D eigenvalue weighted by Gasteiger charge is -1.98. The molecule has 0 saturated heterocycles. The second kappa shape index (κ2) is 4.52. The molecule has 1 rings (SSSR count). The Labute approximate surface area is 83.6 Å². The minimum absolute atomic E-state index is 0.174. The number of amides is 1. The molecule has 0 saturated carbocycles. The number of carbonyl (C=O) groups excluding carboxylic acids is 2. The lowest BCUT2D eigenvalue weighted by Crippen LogP contribution is -2.22. The van der Waals surface area contributed by atoms with Crippen LogP contribution in [0.4, 0.5) is 0 Å². The van der Waals surface area contributed by atoms with Crippen LogP contribution in [0.3, 0.4) is 0 Å². The number of primary amides is 1. The van der Waals surface area contributed by atoms with Crippen LogP contribution in [-0.4, -0.2) is 15.9 Å². The first-order valence-electron chi connectivity index (χ1n) is 3.59. The third-order valence-electron chi connectivity index (χ3n) is 1.48. The molecule has 0 fully saturated rings. The standard InChI is InChI=1S/C8H7NO4S/c9-8(11)7(10)5-1-3-6(4-2-5)13-14-12/h1-4,14H,(H2,9,11). The van der Waals surface area contributed by atoms with Crippen LogP contribution < -0.4 is 9.92 Å². The molecule has 0 spiro atoms. The number of benzene rings is 1. The van der Waals surface area contributed by atoms with Gasteiger partial charge in [0, 0.05) is 5.56 Å². The zero-order valence-electron chi connectivity index (χ0n) is 6.97. The summed E-state index contributed by atoms with van der Waals surface area (Å²) in [7, 11) is 0. The Morgan fingerprint density at radius 1 is 1.21 bits per heavy atom. The zero-order valence-corrected chi connectivity index (χ0v) is 7.86. The summed E-state index contributed by atoms with van der Waals surface area (Å²) in [6.07, 6.45) is 0. The molecule has 0 aromatic heterocycles. The normalized spacial score (nSPS) is 9.43. The van der Waals surface area contributed by atoms with Crippen LogP contribution in [0.25, 0.3) is 0 Å². The van der Waals surface area contributed by atoms with Gasteiger partial charge in [0.15, 0.2) is 11.9 Å². The van der Waals surface area contributed by atoms with Gasteiger partial charge in [-0.1, -0.05) is 0 Å². The van der Waals surface area contributed by atoms with E-state index in [1.807, 2.05) is 0 Å². The van der Waals surface area contributed by atoms with Crippen molar-refractivity contribution in [3.05, 3.63) is 29.8 Å². The number of hydrogen-bond acceptors (Lipinski definition) is 4. The first-order valence-corrected chi connectivity index (χ1v) is 4.32. The van der Waals surface area contributed by atoms with E-state index in [-0.39, 0.29) is 5.56 Å². The van der Waals surface area contributed by atoms with Crippen molar-refractivity contribution in [3.8, 4) is 5.75 Å². The molecule has 0 heterocycles. The summed E-state index contributed by atoms with van der Waals surface area (Å²) >= 11 is -0.478. The van der Waals surface area contributed by atoms with Gasteiger partial charge in [0.1, 0.15) is 5.75 Å². The number of thiol groups is 1. The summed E-state index contributed by atoms with van der Waals surface area (Å²) in [5.41, 5.74) is 4.97. The van der Waals surface area contributed by atoms with Crippen molar-refractivity contribution in [3.63, 3.8) is 0 Å². The quantitative estimate of drug-likeness (QED) is 0.404. The fourth-order valence-corrected chi connectivity index (χ4v) is 1.06. The molecular weight excluding hydrogens is 206 g/mol. The van der Waals surface area contributed by atoms with E-state index in [1.54, 1.807) is 0 Å². The summed E-state index contributed by atoms with van der Waals surface area (Å²) in [5.74, 6) is -1.44. The van der Waals surface area contributed by atoms with Crippen molar-refractivity contribution in [2.75, 3.05) is 0 Å². The molecule has 0 radical (unpaired) electrons. The van der Waals surface area contributed by atoms with Crippen LogP contribution in [0.15, 0.2) is 24.3 Å². The maximum absolute atomic E-state index is 11.0. The fraction of sp³-hybridized carbons (Fsp3) is 0. The smallest absolute Gasteiger partial charge is 0.289 e. The van der Waals surface area contributed by atoms with E-state index in [9.17, 15) is 13.8 Å². The SMILES string of the molecule is NC(=O)C(=O)c1ccc(O[SH]=O)cc1. The summed E-state index contributed by atoms with van der Waals surface area (Å²) in [4.78, 5) is 21.5. The van der Waals surface area contributed by atoms with Gasteiger partial charge in [-0.15, -0.1) is 0 Å². The summed E-state index contributed by atoms with van der Waals surface area (Å²) < 4.78 is 14.6. The highest BCUT2D eigenvalue weighted by molar-refractivity contribution is 7.60. The van der Waals surface area contributed by atoms with Crippen LogP contribution in [0.2, 0.25) is 0 Å². The highest BCUT2D eigenvalue weighted by atomic mass is 32.2. The molecule has 14 heavy (non-hydrogen) atoms. The molecule has 0 bridgehead atoms. The highest BCUT2D eigenvalue weighted by Crippen LogP contribution is 2.11. The second-order valence-electron chi connectivity index (χ2n) is 2.38. The molecule has 2 N–H and O–H groups in total. The Morgan fingerprint density at radius 2 is 1.79 bits per heavy atom. The molecule has 6 heteroatoms. The van der Waals surface area contributed by atoms with Gasteiger partial charge in [-0.2, -0.15) is 0 Å². The number of nitrogens with two attached hydrogens (primary N) is 1. The van der Waals surface area contributed by atoms with E-state index in [0.29, 0.717) is 5.75 Å². The summed E-state index contributed by atoms with van der Waals surface area (Å²) in [6.45, 7) is 0.